The number of hydrogen-bond acceptors (Lipinski definition) is 4. The van der Waals surface area contributed by atoms with E-state index in [2.05, 4.69) is 16.3 Å². The fourth-order valence-corrected chi connectivity index (χ4v) is 4.51. The van der Waals surface area contributed by atoms with Crippen LogP contribution in [0.25, 0.3) is 0 Å². The van der Waals surface area contributed by atoms with Crippen molar-refractivity contribution in [1.29, 1.82) is 0 Å². The Kier molecular flexibility index (Phi) is 5.10. The Bertz CT molecular complexity index is 412. The third kappa shape index (κ3) is 3.25. The molecule has 1 saturated heterocycles. The van der Waals surface area contributed by atoms with E-state index in [1.54, 1.807) is 10.4 Å². The number of thiophene rings is 1. The zero-order chi connectivity index (χ0) is 13.8. The maximum atomic E-state index is 5.91. The second-order valence-electron chi connectivity index (χ2n) is 5.96. The lowest BCUT2D eigenvalue weighted by Gasteiger charge is -2.39. The molecule has 20 heavy (non-hydrogen) atoms. The van der Waals surface area contributed by atoms with Gasteiger partial charge in [0.15, 0.2) is 0 Å². The van der Waals surface area contributed by atoms with Crippen LogP contribution in [0.2, 0.25) is 0 Å². The van der Waals surface area contributed by atoms with Crippen LogP contribution in [-0.2, 0) is 11.2 Å². The van der Waals surface area contributed by atoms with Crippen LogP contribution < -0.4 is 5.73 Å². The molecule has 3 nitrogen and oxygen atoms in total. The minimum atomic E-state index is 0.461. The predicted molar refractivity (Wildman–Crippen MR) is 84.2 cm³/mol. The number of aryl methyl sites for hydroxylation is 1. The smallest absolute Gasteiger partial charge is 0.0599 e. The maximum Gasteiger partial charge on any atom is 0.0599 e. The highest BCUT2D eigenvalue weighted by Gasteiger charge is 2.29. The number of ether oxygens (including phenoxy) is 1. The van der Waals surface area contributed by atoms with E-state index in [9.17, 15) is 0 Å². The molecule has 0 saturated carbocycles. The third-order valence-electron chi connectivity index (χ3n) is 4.64. The highest BCUT2D eigenvalue weighted by Crippen LogP contribution is 2.38. The quantitative estimate of drug-likeness (QED) is 0.849. The molecule has 112 valence electrons. The van der Waals surface area contributed by atoms with Crippen LogP contribution in [0.15, 0.2) is 11.4 Å². The minimum absolute atomic E-state index is 0.461. The number of likely N-dealkylation sites (tertiary alicyclic amines) is 1. The van der Waals surface area contributed by atoms with Gasteiger partial charge in [-0.1, -0.05) is 0 Å². The molecule has 0 radical (unpaired) electrons. The molecule has 0 aromatic carbocycles. The van der Waals surface area contributed by atoms with Crippen LogP contribution in [-0.4, -0.2) is 37.2 Å². The van der Waals surface area contributed by atoms with E-state index in [-0.39, 0.29) is 0 Å². The SMILES string of the molecule is NCCCOC1CCN(C2CCCc3sccc32)CC1. The summed E-state index contributed by atoms with van der Waals surface area (Å²) in [5, 5.41) is 2.27. The van der Waals surface area contributed by atoms with Crippen molar-refractivity contribution in [2.45, 2.75) is 50.7 Å². The van der Waals surface area contributed by atoms with Crippen molar-refractivity contribution in [3.05, 3.63) is 21.9 Å². The Balaban J connectivity index is 1.52. The first-order valence-corrected chi connectivity index (χ1v) is 8.88. The van der Waals surface area contributed by atoms with Gasteiger partial charge in [0, 0.05) is 30.6 Å². The highest BCUT2D eigenvalue weighted by molar-refractivity contribution is 7.10. The van der Waals surface area contributed by atoms with Crippen LogP contribution in [0.4, 0.5) is 0 Å². The summed E-state index contributed by atoms with van der Waals surface area (Å²) in [4.78, 5) is 4.32. The Morgan fingerprint density at radius 2 is 2.15 bits per heavy atom. The van der Waals surface area contributed by atoms with Crippen LogP contribution in [0.1, 0.15) is 48.6 Å². The Morgan fingerprint density at radius 1 is 1.30 bits per heavy atom. The van der Waals surface area contributed by atoms with Gasteiger partial charge in [-0.2, -0.15) is 0 Å². The monoisotopic (exact) mass is 294 g/mol. The normalized spacial score (nSPS) is 24.8. The van der Waals surface area contributed by atoms with E-state index in [0.717, 1.165) is 19.6 Å². The Labute approximate surface area is 126 Å². The average molecular weight is 294 g/mol. The number of hydrogen-bond donors (Lipinski definition) is 1. The first-order valence-electron chi connectivity index (χ1n) is 8.00. The minimum Gasteiger partial charge on any atom is -0.378 e. The summed E-state index contributed by atoms with van der Waals surface area (Å²) < 4.78 is 5.91. The summed E-state index contributed by atoms with van der Waals surface area (Å²) in [6.07, 6.45) is 7.79. The average Bonchev–Trinajstić information content (AvgIpc) is 2.97. The molecule has 4 heteroatoms. The van der Waals surface area contributed by atoms with Crippen LogP contribution >= 0.6 is 11.3 Å². The molecule has 0 spiro atoms. The van der Waals surface area contributed by atoms with Crippen LogP contribution in [0.3, 0.4) is 0 Å². The topological polar surface area (TPSA) is 38.5 Å². The highest BCUT2D eigenvalue weighted by atomic mass is 32.1. The van der Waals surface area contributed by atoms with Crippen molar-refractivity contribution in [2.24, 2.45) is 5.73 Å². The van der Waals surface area contributed by atoms with Gasteiger partial charge in [0.05, 0.1) is 6.10 Å². The first kappa shape index (κ1) is 14.5. The fourth-order valence-electron chi connectivity index (χ4n) is 3.53. The molecule has 1 aliphatic heterocycles. The summed E-state index contributed by atoms with van der Waals surface area (Å²) in [6.45, 7) is 3.95. The molecule has 1 aliphatic carbocycles. The van der Waals surface area contributed by atoms with E-state index in [1.165, 1.54) is 45.2 Å². The van der Waals surface area contributed by atoms with Gasteiger partial charge in [-0.15, -0.1) is 11.3 Å². The van der Waals surface area contributed by atoms with E-state index in [1.807, 2.05) is 11.3 Å². The van der Waals surface area contributed by atoms with Crippen LogP contribution in [0.5, 0.6) is 0 Å². The van der Waals surface area contributed by atoms with Crippen molar-refractivity contribution in [1.82, 2.24) is 4.90 Å². The fraction of sp³-hybridized carbons (Fsp3) is 0.750. The van der Waals surface area contributed by atoms with Crippen molar-refractivity contribution in [3.8, 4) is 0 Å². The summed E-state index contributed by atoms with van der Waals surface area (Å²) in [5.41, 5.74) is 7.13. The van der Waals surface area contributed by atoms with Crippen LogP contribution in [0, 0.1) is 0 Å². The Hall–Kier alpha value is -0.420. The zero-order valence-electron chi connectivity index (χ0n) is 12.2. The van der Waals surface area contributed by atoms with Gasteiger partial charge in [0.25, 0.3) is 0 Å². The number of rotatable bonds is 5. The second-order valence-corrected chi connectivity index (χ2v) is 6.96. The van der Waals surface area contributed by atoms with Gasteiger partial charge < -0.3 is 10.5 Å². The molecule has 3 rings (SSSR count). The number of piperidine rings is 1. The lowest BCUT2D eigenvalue weighted by atomic mass is 9.91. The molecule has 2 N–H and O–H groups in total. The van der Waals surface area contributed by atoms with Gasteiger partial charge in [0.2, 0.25) is 0 Å². The van der Waals surface area contributed by atoms with Gasteiger partial charge in [-0.05, 0) is 62.1 Å². The molecule has 0 amide bonds. The van der Waals surface area contributed by atoms with Crippen molar-refractivity contribution in [2.75, 3.05) is 26.2 Å². The molecule has 2 aliphatic rings. The van der Waals surface area contributed by atoms with E-state index in [4.69, 9.17) is 10.5 Å². The summed E-state index contributed by atoms with van der Waals surface area (Å²) >= 11 is 1.94. The zero-order valence-corrected chi connectivity index (χ0v) is 13.0. The lowest BCUT2D eigenvalue weighted by Crippen LogP contribution is -2.40. The molecular weight excluding hydrogens is 268 g/mol. The van der Waals surface area contributed by atoms with E-state index < -0.39 is 0 Å². The molecule has 1 fully saturated rings. The molecular formula is C16H26N2OS. The predicted octanol–water partition coefficient (Wildman–Crippen LogP) is 2.96. The second kappa shape index (κ2) is 7.03. The number of fused-ring (bicyclic) bond motifs is 1. The molecule has 1 unspecified atom stereocenters. The summed E-state index contributed by atoms with van der Waals surface area (Å²) in [6, 6.07) is 3.03. The third-order valence-corrected chi connectivity index (χ3v) is 5.64. The molecule has 1 atom stereocenters. The Morgan fingerprint density at radius 3 is 2.95 bits per heavy atom. The summed E-state index contributed by atoms with van der Waals surface area (Å²) in [5.74, 6) is 0. The summed E-state index contributed by atoms with van der Waals surface area (Å²) in [7, 11) is 0. The van der Waals surface area contributed by atoms with Crippen molar-refractivity contribution in [3.63, 3.8) is 0 Å². The van der Waals surface area contributed by atoms with Crippen molar-refractivity contribution >= 4 is 11.3 Å². The van der Waals surface area contributed by atoms with Gasteiger partial charge in [-0.25, -0.2) is 0 Å². The number of nitrogens with zero attached hydrogens (tertiary/aromatic N) is 1. The van der Waals surface area contributed by atoms with E-state index in [0.29, 0.717) is 12.1 Å². The standard InChI is InChI=1S/C16H26N2OS/c17-8-2-11-19-13-5-9-18(10-6-13)15-3-1-4-16-14(15)7-12-20-16/h7,12-13,15H,1-6,8-11,17H2. The number of nitrogens with two attached hydrogens (primary N) is 1. The lowest BCUT2D eigenvalue weighted by molar-refractivity contribution is -0.00420. The first-order chi connectivity index (χ1) is 9.88. The van der Waals surface area contributed by atoms with Gasteiger partial charge in [0.1, 0.15) is 0 Å². The van der Waals surface area contributed by atoms with Gasteiger partial charge >= 0.3 is 0 Å². The molecule has 1 aromatic rings. The molecule has 0 bridgehead atoms. The maximum absolute atomic E-state index is 5.91. The van der Waals surface area contributed by atoms with Crippen molar-refractivity contribution < 1.29 is 4.74 Å². The van der Waals surface area contributed by atoms with Gasteiger partial charge in [-0.3, -0.25) is 4.90 Å². The molecule has 1 aromatic heterocycles. The molecule has 2 heterocycles. The van der Waals surface area contributed by atoms with E-state index >= 15 is 0 Å². The largest absolute Gasteiger partial charge is 0.378 e.